The minimum absolute atomic E-state index is 0.0578. The SMILES string of the molecule is CCOC(=O)COc1ccc(/C=C/C(=O)NCC(=O)N(C)c2ccc(Cl)c(COc3cccc4ccc(C)nc34)c2Cl)cc1. The van der Waals surface area contributed by atoms with E-state index in [4.69, 9.17) is 37.4 Å². The first-order valence-electron chi connectivity index (χ1n) is 13.7. The van der Waals surface area contributed by atoms with Gasteiger partial charge in [0.25, 0.3) is 0 Å². The van der Waals surface area contributed by atoms with Crippen LogP contribution in [0.4, 0.5) is 5.69 Å². The summed E-state index contributed by atoms with van der Waals surface area (Å²) in [6.45, 7) is 3.53. The number of amides is 2. The van der Waals surface area contributed by atoms with Crippen molar-refractivity contribution in [1.29, 1.82) is 0 Å². The van der Waals surface area contributed by atoms with E-state index in [1.165, 1.54) is 11.0 Å². The Bertz CT molecular complexity index is 1690. The molecule has 44 heavy (non-hydrogen) atoms. The first-order chi connectivity index (χ1) is 21.2. The topological polar surface area (TPSA) is 107 Å². The molecule has 1 heterocycles. The van der Waals surface area contributed by atoms with Gasteiger partial charge in [0.2, 0.25) is 11.8 Å². The third-order valence-electron chi connectivity index (χ3n) is 6.48. The smallest absolute Gasteiger partial charge is 0.344 e. The highest BCUT2D eigenvalue weighted by molar-refractivity contribution is 6.38. The molecule has 0 atom stereocenters. The summed E-state index contributed by atoms with van der Waals surface area (Å²) in [6, 6.07) is 19.6. The second-order valence-corrected chi connectivity index (χ2v) is 10.4. The molecule has 228 valence electrons. The number of hydrogen-bond donors (Lipinski definition) is 1. The predicted octanol–water partition coefficient (Wildman–Crippen LogP) is 6.16. The zero-order chi connectivity index (χ0) is 31.6. The van der Waals surface area contributed by atoms with Gasteiger partial charge in [0.1, 0.15) is 23.6 Å². The van der Waals surface area contributed by atoms with Crippen molar-refractivity contribution in [3.8, 4) is 11.5 Å². The number of aromatic nitrogens is 1. The minimum atomic E-state index is -0.454. The van der Waals surface area contributed by atoms with Crippen molar-refractivity contribution in [3.63, 3.8) is 0 Å². The molecule has 0 radical (unpaired) electrons. The third-order valence-corrected chi connectivity index (χ3v) is 7.25. The maximum Gasteiger partial charge on any atom is 0.344 e. The number of pyridine rings is 1. The summed E-state index contributed by atoms with van der Waals surface area (Å²) in [5.74, 6) is -0.221. The van der Waals surface area contributed by atoms with Gasteiger partial charge in [-0.05, 0) is 61.9 Å². The number of halogens is 2. The quantitative estimate of drug-likeness (QED) is 0.147. The number of fused-ring (bicyclic) bond motifs is 1. The van der Waals surface area contributed by atoms with E-state index in [0.717, 1.165) is 22.2 Å². The molecule has 0 spiro atoms. The van der Waals surface area contributed by atoms with E-state index in [0.29, 0.717) is 27.8 Å². The molecule has 0 saturated carbocycles. The highest BCUT2D eigenvalue weighted by Gasteiger charge is 2.19. The van der Waals surface area contributed by atoms with Crippen molar-refractivity contribution in [3.05, 3.63) is 99.7 Å². The Kier molecular flexibility index (Phi) is 11.2. The summed E-state index contributed by atoms with van der Waals surface area (Å²) in [5, 5.41) is 4.17. The van der Waals surface area contributed by atoms with Gasteiger partial charge in [-0.3, -0.25) is 9.59 Å². The number of likely N-dealkylation sites (N-methyl/N-ethyl adjacent to an activating group) is 1. The zero-order valence-corrected chi connectivity index (χ0v) is 25.9. The van der Waals surface area contributed by atoms with Crippen LogP contribution in [-0.4, -0.2) is 49.6 Å². The van der Waals surface area contributed by atoms with E-state index in [1.807, 2.05) is 37.3 Å². The molecule has 11 heteroatoms. The van der Waals surface area contributed by atoms with Gasteiger partial charge >= 0.3 is 5.97 Å². The summed E-state index contributed by atoms with van der Waals surface area (Å²) in [7, 11) is 1.56. The number of anilines is 1. The lowest BCUT2D eigenvalue weighted by atomic mass is 10.1. The molecule has 2 amide bonds. The van der Waals surface area contributed by atoms with Crippen LogP contribution in [0.5, 0.6) is 11.5 Å². The molecular formula is C33H31Cl2N3O6. The lowest BCUT2D eigenvalue weighted by Crippen LogP contribution is -2.37. The number of carbonyl (C=O) groups is 3. The van der Waals surface area contributed by atoms with Crippen molar-refractivity contribution in [2.24, 2.45) is 0 Å². The number of esters is 1. The van der Waals surface area contributed by atoms with Gasteiger partial charge in [0, 0.05) is 34.8 Å². The van der Waals surface area contributed by atoms with Crippen LogP contribution < -0.4 is 19.7 Å². The van der Waals surface area contributed by atoms with Crippen molar-refractivity contribution in [1.82, 2.24) is 10.3 Å². The molecular weight excluding hydrogens is 605 g/mol. The highest BCUT2D eigenvalue weighted by atomic mass is 35.5. The molecule has 0 aliphatic carbocycles. The van der Waals surface area contributed by atoms with E-state index in [-0.39, 0.29) is 37.3 Å². The van der Waals surface area contributed by atoms with Crippen molar-refractivity contribution < 1.29 is 28.6 Å². The number of rotatable bonds is 12. The third kappa shape index (κ3) is 8.49. The summed E-state index contributed by atoms with van der Waals surface area (Å²) in [5.41, 5.74) is 3.25. The van der Waals surface area contributed by atoms with Crippen LogP contribution in [0.1, 0.15) is 23.7 Å². The maximum absolute atomic E-state index is 12.9. The fourth-order valence-corrected chi connectivity index (χ4v) is 4.73. The highest BCUT2D eigenvalue weighted by Crippen LogP contribution is 2.35. The molecule has 0 aliphatic heterocycles. The number of ether oxygens (including phenoxy) is 3. The lowest BCUT2D eigenvalue weighted by Gasteiger charge is -2.21. The summed E-state index contributed by atoms with van der Waals surface area (Å²) in [4.78, 5) is 42.6. The van der Waals surface area contributed by atoms with Crippen molar-refractivity contribution in [2.45, 2.75) is 20.5 Å². The van der Waals surface area contributed by atoms with Crippen LogP contribution in [0.25, 0.3) is 17.0 Å². The molecule has 4 aromatic rings. The summed E-state index contributed by atoms with van der Waals surface area (Å²) >= 11 is 13.2. The second kappa shape index (κ2) is 15.2. The Morgan fingerprint density at radius 1 is 0.977 bits per heavy atom. The van der Waals surface area contributed by atoms with Crippen LogP contribution in [0.2, 0.25) is 10.0 Å². The van der Waals surface area contributed by atoms with Crippen LogP contribution in [0, 0.1) is 6.92 Å². The Balaban J connectivity index is 1.33. The maximum atomic E-state index is 12.9. The van der Waals surface area contributed by atoms with E-state index >= 15 is 0 Å². The minimum Gasteiger partial charge on any atom is -0.487 e. The fraction of sp³-hybridized carbons (Fsp3) is 0.212. The number of hydrogen-bond acceptors (Lipinski definition) is 7. The lowest BCUT2D eigenvalue weighted by molar-refractivity contribution is -0.145. The number of nitrogens with one attached hydrogen (secondary N) is 1. The average molecular weight is 637 g/mol. The molecule has 0 fully saturated rings. The number of benzene rings is 3. The van der Waals surface area contributed by atoms with Crippen LogP contribution >= 0.6 is 23.2 Å². The first-order valence-corrected chi connectivity index (χ1v) is 14.5. The molecule has 0 saturated heterocycles. The zero-order valence-electron chi connectivity index (χ0n) is 24.4. The Morgan fingerprint density at radius 3 is 2.50 bits per heavy atom. The van der Waals surface area contributed by atoms with E-state index in [2.05, 4.69) is 10.3 Å². The van der Waals surface area contributed by atoms with Gasteiger partial charge in [-0.2, -0.15) is 0 Å². The Morgan fingerprint density at radius 2 is 1.75 bits per heavy atom. The first kappa shape index (κ1) is 32.3. The summed E-state index contributed by atoms with van der Waals surface area (Å²) < 4.78 is 16.2. The van der Waals surface area contributed by atoms with E-state index < -0.39 is 11.9 Å². The van der Waals surface area contributed by atoms with Gasteiger partial charge in [-0.15, -0.1) is 0 Å². The molecule has 1 N–H and O–H groups in total. The van der Waals surface area contributed by atoms with Crippen LogP contribution in [0.3, 0.4) is 0 Å². The molecule has 0 bridgehead atoms. The standard InChI is InChI=1S/C33H31Cl2N3O6/c1-4-42-31(41)20-43-24-13-9-22(10-14-24)11-17-29(39)36-18-30(40)38(3)27-16-15-26(34)25(32(27)35)19-44-28-7-5-6-23-12-8-21(2)37-33(23)28/h5-17H,4,18-20H2,1-3H3,(H,36,39)/b17-11+. The molecule has 4 rings (SSSR count). The number of carbonyl (C=O) groups excluding carboxylic acids is 3. The van der Waals surface area contributed by atoms with Crippen molar-refractivity contribution >= 4 is 63.7 Å². The molecule has 9 nitrogen and oxygen atoms in total. The van der Waals surface area contributed by atoms with Crippen molar-refractivity contribution in [2.75, 3.05) is 31.7 Å². The van der Waals surface area contributed by atoms with E-state index in [9.17, 15) is 14.4 Å². The summed E-state index contributed by atoms with van der Waals surface area (Å²) in [6.07, 6.45) is 2.91. The van der Waals surface area contributed by atoms with Crippen LogP contribution in [0.15, 0.2) is 72.8 Å². The fourth-order valence-electron chi connectivity index (χ4n) is 4.13. The molecule has 0 unspecified atom stereocenters. The Hall–Kier alpha value is -4.60. The van der Waals surface area contributed by atoms with Crippen LogP contribution in [-0.2, 0) is 25.7 Å². The molecule has 3 aromatic carbocycles. The average Bonchev–Trinajstić information content (AvgIpc) is 3.02. The molecule has 1 aromatic heterocycles. The largest absolute Gasteiger partial charge is 0.487 e. The van der Waals surface area contributed by atoms with Gasteiger partial charge in [-0.25, -0.2) is 9.78 Å². The predicted molar refractivity (Wildman–Crippen MR) is 171 cm³/mol. The van der Waals surface area contributed by atoms with Gasteiger partial charge in [0.05, 0.1) is 23.9 Å². The number of para-hydroxylation sites is 1. The van der Waals surface area contributed by atoms with Gasteiger partial charge < -0.3 is 24.4 Å². The number of aryl methyl sites for hydroxylation is 1. The Labute approximate surface area is 265 Å². The molecule has 0 aliphatic rings. The van der Waals surface area contributed by atoms with Gasteiger partial charge in [0.15, 0.2) is 6.61 Å². The van der Waals surface area contributed by atoms with Gasteiger partial charge in [-0.1, -0.05) is 53.5 Å². The van der Waals surface area contributed by atoms with E-state index in [1.54, 1.807) is 56.4 Å². The normalized spacial score (nSPS) is 10.9. The number of nitrogens with zero attached hydrogens (tertiary/aromatic N) is 2. The monoisotopic (exact) mass is 635 g/mol. The second-order valence-electron chi connectivity index (χ2n) is 9.59.